The molecule has 0 aliphatic carbocycles. The van der Waals surface area contributed by atoms with Crippen molar-refractivity contribution in [3.63, 3.8) is 0 Å². The van der Waals surface area contributed by atoms with Crippen molar-refractivity contribution in [3.8, 4) is 5.75 Å². The second kappa shape index (κ2) is 12.5. The molecular formula is C25H22Cl2N4O4. The molecule has 8 nitrogen and oxygen atoms in total. The van der Waals surface area contributed by atoms with Crippen molar-refractivity contribution in [2.45, 2.75) is 13.3 Å². The third kappa shape index (κ3) is 7.30. The zero-order chi connectivity index (χ0) is 25.2. The van der Waals surface area contributed by atoms with E-state index in [0.29, 0.717) is 11.3 Å². The fourth-order valence-electron chi connectivity index (χ4n) is 2.99. The van der Waals surface area contributed by atoms with Gasteiger partial charge in [-0.2, -0.15) is 5.10 Å². The summed E-state index contributed by atoms with van der Waals surface area (Å²) in [5, 5.41) is 9.35. The van der Waals surface area contributed by atoms with Crippen LogP contribution >= 0.6 is 23.2 Å². The van der Waals surface area contributed by atoms with Crippen molar-refractivity contribution in [2.75, 3.05) is 17.2 Å². The van der Waals surface area contributed by atoms with Gasteiger partial charge in [-0.05, 0) is 42.3 Å². The lowest BCUT2D eigenvalue weighted by Crippen LogP contribution is -2.32. The quantitative estimate of drug-likeness (QED) is 0.231. The van der Waals surface area contributed by atoms with Crippen molar-refractivity contribution in [3.05, 3.63) is 87.9 Å². The SMILES string of the molecule is CCc1ccccc1NC(=O)COc1ccccc1/C=N\NC(=O)C(=O)Nc1cccc(Cl)c1Cl. The third-order valence-electron chi connectivity index (χ3n) is 4.73. The van der Waals surface area contributed by atoms with Crippen LogP contribution in [-0.2, 0) is 20.8 Å². The van der Waals surface area contributed by atoms with E-state index in [4.69, 9.17) is 27.9 Å². The van der Waals surface area contributed by atoms with Gasteiger partial charge in [-0.3, -0.25) is 14.4 Å². The molecule has 0 radical (unpaired) electrons. The molecule has 0 aromatic heterocycles. The number of hydrazone groups is 1. The molecule has 10 heteroatoms. The van der Waals surface area contributed by atoms with Crippen LogP contribution < -0.4 is 20.8 Å². The Morgan fingerprint density at radius 3 is 2.40 bits per heavy atom. The Kier molecular flexibility index (Phi) is 9.23. The summed E-state index contributed by atoms with van der Waals surface area (Å²) in [7, 11) is 0. The summed E-state index contributed by atoms with van der Waals surface area (Å²) < 4.78 is 5.63. The van der Waals surface area contributed by atoms with E-state index in [9.17, 15) is 14.4 Å². The summed E-state index contributed by atoms with van der Waals surface area (Å²) in [5.74, 6) is -1.92. The topological polar surface area (TPSA) is 109 Å². The van der Waals surface area contributed by atoms with Crippen LogP contribution in [0, 0.1) is 0 Å². The maximum Gasteiger partial charge on any atom is 0.329 e. The molecule has 0 atom stereocenters. The summed E-state index contributed by atoms with van der Waals surface area (Å²) in [6, 6.07) is 19.0. The van der Waals surface area contributed by atoms with Gasteiger partial charge in [0.1, 0.15) is 5.75 Å². The normalized spacial score (nSPS) is 10.6. The highest BCUT2D eigenvalue weighted by Crippen LogP contribution is 2.29. The first-order valence-corrected chi connectivity index (χ1v) is 11.3. The van der Waals surface area contributed by atoms with E-state index in [-0.39, 0.29) is 28.2 Å². The van der Waals surface area contributed by atoms with Crippen molar-refractivity contribution in [1.82, 2.24) is 5.43 Å². The van der Waals surface area contributed by atoms with Crippen LogP contribution in [0.2, 0.25) is 10.0 Å². The van der Waals surface area contributed by atoms with E-state index >= 15 is 0 Å². The zero-order valence-corrected chi connectivity index (χ0v) is 20.2. The van der Waals surface area contributed by atoms with Crippen molar-refractivity contribution in [1.29, 1.82) is 0 Å². The molecule has 3 amide bonds. The molecule has 3 aromatic carbocycles. The van der Waals surface area contributed by atoms with Crippen LogP contribution in [0.3, 0.4) is 0 Å². The molecule has 0 aliphatic rings. The molecular weight excluding hydrogens is 491 g/mol. The van der Waals surface area contributed by atoms with Gasteiger partial charge in [0.15, 0.2) is 6.61 Å². The Balaban J connectivity index is 1.56. The number of hydrogen-bond acceptors (Lipinski definition) is 5. The average molecular weight is 513 g/mol. The zero-order valence-electron chi connectivity index (χ0n) is 18.7. The Bertz CT molecular complexity index is 1260. The summed E-state index contributed by atoms with van der Waals surface area (Å²) in [5.41, 5.74) is 4.57. The number of hydrogen-bond donors (Lipinski definition) is 3. The number of rotatable bonds is 8. The van der Waals surface area contributed by atoms with Crippen LogP contribution in [0.4, 0.5) is 11.4 Å². The average Bonchev–Trinajstić information content (AvgIpc) is 2.86. The van der Waals surface area contributed by atoms with Gasteiger partial charge in [-0.25, -0.2) is 5.43 Å². The maximum atomic E-state index is 12.3. The highest BCUT2D eigenvalue weighted by atomic mass is 35.5. The first-order valence-electron chi connectivity index (χ1n) is 10.6. The first kappa shape index (κ1) is 25.7. The van der Waals surface area contributed by atoms with Crippen LogP contribution in [0.15, 0.2) is 71.8 Å². The number of benzene rings is 3. The lowest BCUT2D eigenvalue weighted by atomic mass is 10.1. The molecule has 3 N–H and O–H groups in total. The molecule has 0 bridgehead atoms. The Morgan fingerprint density at radius 1 is 0.886 bits per heavy atom. The molecule has 3 rings (SSSR count). The largest absolute Gasteiger partial charge is 0.483 e. The third-order valence-corrected chi connectivity index (χ3v) is 5.54. The summed E-state index contributed by atoms with van der Waals surface area (Å²) in [6.45, 7) is 1.78. The molecule has 0 unspecified atom stereocenters. The number of aryl methyl sites for hydroxylation is 1. The monoisotopic (exact) mass is 512 g/mol. The number of ether oxygens (including phenoxy) is 1. The minimum atomic E-state index is -1.01. The molecule has 0 aliphatic heterocycles. The van der Waals surface area contributed by atoms with Crippen molar-refractivity contribution in [2.24, 2.45) is 5.10 Å². The standard InChI is InChI=1S/C25H22Cl2N4O4/c1-2-16-8-3-5-11-19(16)29-22(32)15-35-21-13-6-4-9-17(21)14-28-31-25(34)24(33)30-20-12-7-10-18(26)23(20)27/h3-14H,2,15H2,1H3,(H,29,32)(H,30,33)(H,31,34)/b28-14-. The van der Waals surface area contributed by atoms with Crippen LogP contribution in [0.1, 0.15) is 18.1 Å². The molecule has 0 saturated heterocycles. The van der Waals surface area contributed by atoms with Gasteiger partial charge < -0.3 is 15.4 Å². The van der Waals surface area contributed by atoms with E-state index in [1.54, 1.807) is 36.4 Å². The van der Waals surface area contributed by atoms with Gasteiger partial charge in [-0.15, -0.1) is 0 Å². The van der Waals surface area contributed by atoms with Crippen LogP contribution in [0.5, 0.6) is 5.75 Å². The van der Waals surface area contributed by atoms with E-state index in [2.05, 4.69) is 21.2 Å². The van der Waals surface area contributed by atoms with Gasteiger partial charge in [-0.1, -0.05) is 66.5 Å². The maximum absolute atomic E-state index is 12.3. The fraction of sp³-hybridized carbons (Fsp3) is 0.120. The lowest BCUT2D eigenvalue weighted by Gasteiger charge is -2.11. The van der Waals surface area contributed by atoms with E-state index < -0.39 is 11.8 Å². The number of carbonyl (C=O) groups is 3. The van der Waals surface area contributed by atoms with E-state index in [1.807, 2.05) is 31.2 Å². The Morgan fingerprint density at radius 2 is 1.60 bits per heavy atom. The minimum Gasteiger partial charge on any atom is -0.483 e. The number of carbonyl (C=O) groups excluding carboxylic acids is 3. The predicted molar refractivity (Wildman–Crippen MR) is 137 cm³/mol. The molecule has 0 fully saturated rings. The molecule has 3 aromatic rings. The lowest BCUT2D eigenvalue weighted by molar-refractivity contribution is -0.136. The van der Waals surface area contributed by atoms with Gasteiger partial charge in [0.05, 0.1) is 21.9 Å². The number of para-hydroxylation sites is 2. The summed E-state index contributed by atoms with van der Waals surface area (Å²) >= 11 is 11.9. The molecule has 0 saturated carbocycles. The molecule has 0 heterocycles. The number of nitrogens with one attached hydrogen (secondary N) is 3. The number of amides is 3. The first-order chi connectivity index (χ1) is 16.9. The Hall–Kier alpha value is -3.88. The minimum absolute atomic E-state index is 0.118. The highest BCUT2D eigenvalue weighted by Gasteiger charge is 2.15. The number of nitrogens with zero attached hydrogens (tertiary/aromatic N) is 1. The van der Waals surface area contributed by atoms with E-state index in [0.717, 1.165) is 17.7 Å². The van der Waals surface area contributed by atoms with Gasteiger partial charge in [0.25, 0.3) is 5.91 Å². The molecule has 35 heavy (non-hydrogen) atoms. The Labute approximate surface area is 212 Å². The van der Waals surface area contributed by atoms with Crippen LogP contribution in [-0.4, -0.2) is 30.5 Å². The number of halogens is 2. The fourth-order valence-corrected chi connectivity index (χ4v) is 3.34. The second-order valence-electron chi connectivity index (χ2n) is 7.14. The summed E-state index contributed by atoms with van der Waals surface area (Å²) in [4.78, 5) is 36.5. The molecule has 0 spiro atoms. The van der Waals surface area contributed by atoms with Crippen molar-refractivity contribution >= 4 is 58.5 Å². The summed E-state index contributed by atoms with van der Waals surface area (Å²) in [6.07, 6.45) is 2.09. The second-order valence-corrected chi connectivity index (χ2v) is 7.93. The highest BCUT2D eigenvalue weighted by molar-refractivity contribution is 6.45. The van der Waals surface area contributed by atoms with Gasteiger partial charge in [0.2, 0.25) is 0 Å². The van der Waals surface area contributed by atoms with Gasteiger partial charge in [0, 0.05) is 11.3 Å². The van der Waals surface area contributed by atoms with E-state index in [1.165, 1.54) is 12.3 Å². The smallest absolute Gasteiger partial charge is 0.329 e. The molecule has 180 valence electrons. The van der Waals surface area contributed by atoms with Crippen molar-refractivity contribution < 1.29 is 19.1 Å². The number of anilines is 2. The van der Waals surface area contributed by atoms with Crippen LogP contribution in [0.25, 0.3) is 0 Å². The predicted octanol–water partition coefficient (Wildman–Crippen LogP) is 4.66. The van der Waals surface area contributed by atoms with Gasteiger partial charge >= 0.3 is 11.8 Å².